The minimum absolute atomic E-state index is 0.267. The first-order valence-corrected chi connectivity index (χ1v) is 6.72. The van der Waals surface area contributed by atoms with Crippen molar-refractivity contribution in [3.8, 4) is 0 Å². The highest BCUT2D eigenvalue weighted by atomic mass is 16.2. The minimum atomic E-state index is -0.619. The van der Waals surface area contributed by atoms with Gasteiger partial charge in [-0.3, -0.25) is 4.79 Å². The molecular weight excluding hydrogens is 240 g/mol. The maximum absolute atomic E-state index is 11.9. The topological polar surface area (TPSA) is 72.2 Å². The SMILES string of the molecule is CCCCC(C=O)NC(=O)[C@@H](N)Cc1ccccc1. The fraction of sp³-hybridized carbons (Fsp3) is 0.467. The van der Waals surface area contributed by atoms with Crippen molar-refractivity contribution in [2.45, 2.75) is 44.7 Å². The average molecular weight is 262 g/mol. The summed E-state index contributed by atoms with van der Waals surface area (Å²) in [5, 5.41) is 2.69. The smallest absolute Gasteiger partial charge is 0.237 e. The number of rotatable bonds is 8. The molecule has 0 fully saturated rings. The summed E-state index contributed by atoms with van der Waals surface area (Å²) in [6.07, 6.45) is 3.84. The zero-order valence-corrected chi connectivity index (χ0v) is 11.3. The zero-order chi connectivity index (χ0) is 14.1. The van der Waals surface area contributed by atoms with Crippen LogP contribution in [0.4, 0.5) is 0 Å². The summed E-state index contributed by atoms with van der Waals surface area (Å²) >= 11 is 0. The third-order valence-corrected chi connectivity index (χ3v) is 3.00. The lowest BCUT2D eigenvalue weighted by Gasteiger charge is -2.16. The second-order valence-electron chi connectivity index (χ2n) is 4.69. The molecule has 1 rings (SSSR count). The van der Waals surface area contributed by atoms with Crippen molar-refractivity contribution >= 4 is 12.2 Å². The van der Waals surface area contributed by atoms with Gasteiger partial charge in [0.15, 0.2) is 0 Å². The van der Waals surface area contributed by atoms with E-state index in [2.05, 4.69) is 5.32 Å². The Morgan fingerprint density at radius 2 is 2.05 bits per heavy atom. The van der Waals surface area contributed by atoms with E-state index in [-0.39, 0.29) is 5.91 Å². The lowest BCUT2D eigenvalue weighted by atomic mass is 10.1. The van der Waals surface area contributed by atoms with Crippen molar-refractivity contribution in [3.63, 3.8) is 0 Å². The van der Waals surface area contributed by atoms with E-state index in [4.69, 9.17) is 5.73 Å². The number of nitrogens with one attached hydrogen (secondary N) is 1. The van der Waals surface area contributed by atoms with E-state index in [0.29, 0.717) is 12.8 Å². The van der Waals surface area contributed by atoms with Gasteiger partial charge in [-0.25, -0.2) is 0 Å². The molecule has 0 spiro atoms. The number of aldehydes is 1. The predicted molar refractivity (Wildman–Crippen MR) is 75.6 cm³/mol. The van der Waals surface area contributed by atoms with Gasteiger partial charge in [-0.1, -0.05) is 50.1 Å². The molecule has 0 saturated carbocycles. The second kappa shape index (κ2) is 8.43. The van der Waals surface area contributed by atoms with Crippen LogP contribution < -0.4 is 11.1 Å². The van der Waals surface area contributed by atoms with E-state index < -0.39 is 12.1 Å². The lowest BCUT2D eigenvalue weighted by molar-refractivity contribution is -0.125. The van der Waals surface area contributed by atoms with Gasteiger partial charge in [0.25, 0.3) is 0 Å². The number of hydrogen-bond acceptors (Lipinski definition) is 3. The molecule has 0 saturated heterocycles. The molecule has 1 aromatic rings. The first-order chi connectivity index (χ1) is 9.17. The molecule has 0 radical (unpaired) electrons. The van der Waals surface area contributed by atoms with E-state index in [1.54, 1.807) is 0 Å². The molecule has 0 aromatic heterocycles. The molecule has 1 unspecified atom stereocenters. The molecule has 0 aliphatic heterocycles. The molecule has 0 aliphatic carbocycles. The third kappa shape index (κ3) is 5.66. The summed E-state index contributed by atoms with van der Waals surface area (Å²) < 4.78 is 0. The molecule has 19 heavy (non-hydrogen) atoms. The predicted octanol–water partition coefficient (Wildman–Crippen LogP) is 1.43. The Morgan fingerprint density at radius 3 is 2.63 bits per heavy atom. The van der Waals surface area contributed by atoms with Crippen molar-refractivity contribution < 1.29 is 9.59 Å². The standard InChI is InChI=1S/C15H22N2O2/c1-2-3-9-13(11-18)17-15(19)14(16)10-12-7-5-4-6-8-12/h4-8,11,13-14H,2-3,9-10,16H2,1H3,(H,17,19)/t13?,14-/m0/s1. The summed E-state index contributed by atoms with van der Waals surface area (Å²) in [5.74, 6) is -0.267. The Labute approximate surface area is 114 Å². The monoisotopic (exact) mass is 262 g/mol. The summed E-state index contributed by atoms with van der Waals surface area (Å²) in [6, 6.07) is 8.57. The molecular formula is C15H22N2O2. The second-order valence-corrected chi connectivity index (χ2v) is 4.69. The third-order valence-electron chi connectivity index (χ3n) is 3.00. The molecule has 3 N–H and O–H groups in total. The van der Waals surface area contributed by atoms with Crippen LogP contribution >= 0.6 is 0 Å². The fourth-order valence-electron chi connectivity index (χ4n) is 1.85. The van der Waals surface area contributed by atoms with Crippen molar-refractivity contribution in [1.29, 1.82) is 0 Å². The Kier molecular flexibility index (Phi) is 6.82. The number of unbranched alkanes of at least 4 members (excludes halogenated alkanes) is 1. The molecule has 4 heteroatoms. The van der Waals surface area contributed by atoms with Gasteiger partial charge in [0.05, 0.1) is 12.1 Å². The van der Waals surface area contributed by atoms with Crippen LogP contribution in [0, 0.1) is 0 Å². The number of nitrogens with two attached hydrogens (primary N) is 1. The van der Waals surface area contributed by atoms with E-state index in [1.807, 2.05) is 37.3 Å². The largest absolute Gasteiger partial charge is 0.345 e. The summed E-state index contributed by atoms with van der Waals surface area (Å²) in [7, 11) is 0. The van der Waals surface area contributed by atoms with Crippen molar-refractivity contribution in [3.05, 3.63) is 35.9 Å². The molecule has 1 amide bonds. The number of carbonyl (C=O) groups is 2. The van der Waals surface area contributed by atoms with Crippen LogP contribution in [0.25, 0.3) is 0 Å². The fourth-order valence-corrected chi connectivity index (χ4v) is 1.85. The van der Waals surface area contributed by atoms with E-state index >= 15 is 0 Å². The van der Waals surface area contributed by atoms with Crippen molar-refractivity contribution in [2.75, 3.05) is 0 Å². The normalized spacial score (nSPS) is 13.6. The average Bonchev–Trinajstić information content (AvgIpc) is 2.44. The Morgan fingerprint density at radius 1 is 1.37 bits per heavy atom. The van der Waals surface area contributed by atoms with Gasteiger partial charge < -0.3 is 15.8 Å². The summed E-state index contributed by atoms with van der Waals surface area (Å²) in [6.45, 7) is 2.05. The van der Waals surface area contributed by atoms with Gasteiger partial charge in [0.1, 0.15) is 6.29 Å². The van der Waals surface area contributed by atoms with Gasteiger partial charge >= 0.3 is 0 Å². The number of benzene rings is 1. The van der Waals surface area contributed by atoms with Crippen molar-refractivity contribution in [1.82, 2.24) is 5.32 Å². The van der Waals surface area contributed by atoms with Gasteiger partial charge in [0.2, 0.25) is 5.91 Å². The number of carbonyl (C=O) groups excluding carboxylic acids is 2. The number of hydrogen-bond donors (Lipinski definition) is 2. The molecule has 0 aliphatic rings. The zero-order valence-electron chi connectivity index (χ0n) is 11.3. The maximum atomic E-state index is 11.9. The summed E-state index contributed by atoms with van der Waals surface area (Å²) in [5.41, 5.74) is 6.87. The van der Waals surface area contributed by atoms with Crippen LogP contribution in [-0.4, -0.2) is 24.3 Å². The van der Waals surface area contributed by atoms with Crippen LogP contribution in [0.3, 0.4) is 0 Å². The lowest BCUT2D eigenvalue weighted by Crippen LogP contribution is -2.47. The molecule has 104 valence electrons. The van der Waals surface area contributed by atoms with E-state index in [9.17, 15) is 9.59 Å². The molecule has 0 bridgehead atoms. The highest BCUT2D eigenvalue weighted by molar-refractivity contribution is 5.84. The number of amides is 1. The minimum Gasteiger partial charge on any atom is -0.345 e. The van der Waals surface area contributed by atoms with Gasteiger partial charge in [-0.05, 0) is 18.4 Å². The first-order valence-electron chi connectivity index (χ1n) is 6.72. The Hall–Kier alpha value is -1.68. The molecule has 4 nitrogen and oxygen atoms in total. The van der Waals surface area contributed by atoms with Crippen LogP contribution in [0.2, 0.25) is 0 Å². The first kappa shape index (κ1) is 15.4. The van der Waals surface area contributed by atoms with Crippen molar-refractivity contribution in [2.24, 2.45) is 5.73 Å². The van der Waals surface area contributed by atoms with E-state index in [1.165, 1.54) is 0 Å². The van der Waals surface area contributed by atoms with Crippen LogP contribution in [0.1, 0.15) is 31.7 Å². The Balaban J connectivity index is 2.45. The Bertz CT molecular complexity index is 392. The van der Waals surface area contributed by atoms with Crippen LogP contribution in [-0.2, 0) is 16.0 Å². The van der Waals surface area contributed by atoms with Gasteiger partial charge in [-0.2, -0.15) is 0 Å². The maximum Gasteiger partial charge on any atom is 0.237 e. The molecule has 0 heterocycles. The molecule has 1 aromatic carbocycles. The quantitative estimate of drug-likeness (QED) is 0.696. The van der Waals surface area contributed by atoms with Gasteiger partial charge in [0, 0.05) is 0 Å². The van der Waals surface area contributed by atoms with Gasteiger partial charge in [-0.15, -0.1) is 0 Å². The van der Waals surface area contributed by atoms with Crippen LogP contribution in [0.5, 0.6) is 0 Å². The highest BCUT2D eigenvalue weighted by Gasteiger charge is 2.17. The van der Waals surface area contributed by atoms with Crippen LogP contribution in [0.15, 0.2) is 30.3 Å². The summed E-state index contributed by atoms with van der Waals surface area (Å²) in [4.78, 5) is 22.8. The highest BCUT2D eigenvalue weighted by Crippen LogP contribution is 2.03. The molecule has 2 atom stereocenters. The van der Waals surface area contributed by atoms with E-state index in [0.717, 1.165) is 24.7 Å².